The predicted octanol–water partition coefficient (Wildman–Crippen LogP) is 4.52. The van der Waals surface area contributed by atoms with Gasteiger partial charge in [0, 0.05) is 32.2 Å². The Hall–Kier alpha value is -1.64. The fourth-order valence-corrected chi connectivity index (χ4v) is 3.66. The van der Waals surface area contributed by atoms with Gasteiger partial charge in [-0.15, -0.1) is 0 Å². The normalized spacial score (nSPS) is 18.9. The van der Waals surface area contributed by atoms with Crippen LogP contribution in [-0.4, -0.2) is 24.5 Å². The van der Waals surface area contributed by atoms with E-state index >= 15 is 0 Å². The first-order valence-electron chi connectivity index (χ1n) is 9.29. The van der Waals surface area contributed by atoms with Crippen LogP contribution < -0.4 is 5.32 Å². The van der Waals surface area contributed by atoms with Crippen LogP contribution in [0.1, 0.15) is 55.0 Å². The maximum atomic E-state index is 3.72. The van der Waals surface area contributed by atoms with Crippen molar-refractivity contribution < 1.29 is 0 Å². The molecule has 0 amide bonds. The Morgan fingerprint density at radius 2 is 1.75 bits per heavy atom. The van der Waals surface area contributed by atoms with E-state index in [4.69, 9.17) is 0 Å². The number of hydrogen-bond donors (Lipinski definition) is 1. The Morgan fingerprint density at radius 1 is 1.04 bits per heavy atom. The molecule has 1 heterocycles. The van der Waals surface area contributed by atoms with E-state index in [9.17, 15) is 0 Å². The Labute approximate surface area is 146 Å². The lowest BCUT2D eigenvalue weighted by molar-refractivity contribution is 0.192. The molecule has 2 nitrogen and oxygen atoms in total. The zero-order valence-corrected chi connectivity index (χ0v) is 15.3. The number of piperazine rings is 1. The van der Waals surface area contributed by atoms with Gasteiger partial charge >= 0.3 is 0 Å². The lowest BCUT2D eigenvalue weighted by Gasteiger charge is -2.35. The number of aryl methyl sites for hydroxylation is 1. The van der Waals surface area contributed by atoms with E-state index in [0.29, 0.717) is 12.0 Å². The Balaban J connectivity index is 1.70. The molecule has 24 heavy (non-hydrogen) atoms. The zero-order valence-electron chi connectivity index (χ0n) is 15.3. The van der Waals surface area contributed by atoms with Crippen molar-refractivity contribution in [3.8, 4) is 0 Å². The van der Waals surface area contributed by atoms with Crippen molar-refractivity contribution in [1.82, 2.24) is 10.2 Å². The second-order valence-electron chi connectivity index (χ2n) is 7.20. The van der Waals surface area contributed by atoms with E-state index in [1.165, 1.54) is 22.3 Å². The first-order chi connectivity index (χ1) is 11.7. The lowest BCUT2D eigenvalue weighted by atomic mass is 9.92. The van der Waals surface area contributed by atoms with E-state index in [1.54, 1.807) is 0 Å². The molecule has 0 saturated carbocycles. The third kappa shape index (κ3) is 4.06. The van der Waals surface area contributed by atoms with Crippen molar-refractivity contribution in [2.24, 2.45) is 0 Å². The minimum absolute atomic E-state index is 0.437. The quantitative estimate of drug-likeness (QED) is 0.871. The molecule has 1 saturated heterocycles. The summed E-state index contributed by atoms with van der Waals surface area (Å²) >= 11 is 0. The number of nitrogens with zero attached hydrogens (tertiary/aromatic N) is 1. The molecule has 2 heteroatoms. The fraction of sp³-hybridized carbons (Fsp3) is 0.455. The molecule has 0 spiro atoms. The van der Waals surface area contributed by atoms with Gasteiger partial charge in [0.15, 0.2) is 0 Å². The smallest absolute Gasteiger partial charge is 0.0452 e. The summed E-state index contributed by atoms with van der Waals surface area (Å²) in [6.07, 6.45) is 1.11. The van der Waals surface area contributed by atoms with E-state index in [-0.39, 0.29) is 0 Å². The monoisotopic (exact) mass is 322 g/mol. The van der Waals surface area contributed by atoms with E-state index < -0.39 is 0 Å². The maximum absolute atomic E-state index is 3.72. The van der Waals surface area contributed by atoms with Crippen LogP contribution in [-0.2, 0) is 13.0 Å². The first-order valence-corrected chi connectivity index (χ1v) is 9.29. The highest BCUT2D eigenvalue weighted by Crippen LogP contribution is 2.27. The van der Waals surface area contributed by atoms with Gasteiger partial charge in [0.1, 0.15) is 0 Å². The molecule has 1 unspecified atom stereocenters. The highest BCUT2D eigenvalue weighted by Gasteiger charge is 2.23. The van der Waals surface area contributed by atoms with Gasteiger partial charge in [0.25, 0.3) is 0 Å². The fourth-order valence-electron chi connectivity index (χ4n) is 3.66. The van der Waals surface area contributed by atoms with Crippen molar-refractivity contribution in [2.75, 3.05) is 19.6 Å². The van der Waals surface area contributed by atoms with Gasteiger partial charge in [0.05, 0.1) is 0 Å². The summed E-state index contributed by atoms with van der Waals surface area (Å²) in [5.74, 6) is 0.569. The molecule has 0 bridgehead atoms. The summed E-state index contributed by atoms with van der Waals surface area (Å²) in [7, 11) is 0. The van der Waals surface area contributed by atoms with Crippen molar-refractivity contribution in [3.63, 3.8) is 0 Å². The minimum Gasteiger partial charge on any atom is -0.308 e. The molecule has 1 atom stereocenters. The van der Waals surface area contributed by atoms with Gasteiger partial charge in [-0.2, -0.15) is 0 Å². The highest BCUT2D eigenvalue weighted by molar-refractivity contribution is 5.33. The average molecular weight is 322 g/mol. The molecular weight excluding hydrogens is 292 g/mol. The van der Waals surface area contributed by atoms with Crippen LogP contribution in [0.3, 0.4) is 0 Å². The summed E-state index contributed by atoms with van der Waals surface area (Å²) < 4.78 is 0. The Bertz CT molecular complexity index is 645. The number of benzene rings is 2. The molecule has 1 aliphatic rings. The third-order valence-corrected chi connectivity index (χ3v) is 5.09. The molecule has 0 radical (unpaired) electrons. The van der Waals surface area contributed by atoms with Gasteiger partial charge < -0.3 is 5.32 Å². The first kappa shape index (κ1) is 17.2. The molecule has 2 aromatic carbocycles. The van der Waals surface area contributed by atoms with Crippen molar-refractivity contribution in [2.45, 2.75) is 45.7 Å². The molecule has 1 N–H and O–H groups in total. The van der Waals surface area contributed by atoms with Crippen LogP contribution in [0.15, 0.2) is 48.5 Å². The zero-order chi connectivity index (χ0) is 16.9. The number of rotatable bonds is 5. The van der Waals surface area contributed by atoms with Crippen LogP contribution in [0.2, 0.25) is 0 Å². The van der Waals surface area contributed by atoms with Gasteiger partial charge in [-0.1, -0.05) is 69.3 Å². The molecule has 3 rings (SSSR count). The number of nitrogens with one attached hydrogen (secondary N) is 1. The summed E-state index contributed by atoms with van der Waals surface area (Å²) in [4.78, 5) is 2.58. The van der Waals surface area contributed by atoms with Crippen LogP contribution in [0.4, 0.5) is 0 Å². The molecule has 1 fully saturated rings. The molecule has 128 valence electrons. The summed E-state index contributed by atoms with van der Waals surface area (Å²) in [6, 6.07) is 18.5. The standard InChI is InChI=1S/C22H30N2/c1-4-18-9-11-19(12-10-18)15-24-14-13-23-22(16-24)21-8-6-5-7-20(21)17(2)3/h5-12,17,22-23H,4,13-16H2,1-3H3. The summed E-state index contributed by atoms with van der Waals surface area (Å²) in [5.41, 5.74) is 5.79. The van der Waals surface area contributed by atoms with E-state index in [1.807, 2.05) is 0 Å². The van der Waals surface area contributed by atoms with E-state index in [0.717, 1.165) is 32.6 Å². The van der Waals surface area contributed by atoms with Crippen LogP contribution in [0.5, 0.6) is 0 Å². The molecule has 2 aromatic rings. The van der Waals surface area contributed by atoms with Gasteiger partial charge in [-0.05, 0) is 34.6 Å². The lowest BCUT2D eigenvalue weighted by Crippen LogP contribution is -2.45. The topological polar surface area (TPSA) is 15.3 Å². The summed E-state index contributed by atoms with van der Waals surface area (Å²) in [6.45, 7) is 11.1. The minimum atomic E-state index is 0.437. The predicted molar refractivity (Wildman–Crippen MR) is 102 cm³/mol. The summed E-state index contributed by atoms with van der Waals surface area (Å²) in [5, 5.41) is 3.72. The van der Waals surface area contributed by atoms with Crippen molar-refractivity contribution in [3.05, 3.63) is 70.8 Å². The second-order valence-corrected chi connectivity index (χ2v) is 7.20. The van der Waals surface area contributed by atoms with Gasteiger partial charge in [-0.3, -0.25) is 4.90 Å². The maximum Gasteiger partial charge on any atom is 0.0452 e. The average Bonchev–Trinajstić information content (AvgIpc) is 2.62. The molecule has 0 aliphatic carbocycles. The number of hydrogen-bond acceptors (Lipinski definition) is 2. The Kier molecular flexibility index (Phi) is 5.70. The van der Waals surface area contributed by atoms with Crippen LogP contribution in [0, 0.1) is 0 Å². The Morgan fingerprint density at radius 3 is 2.46 bits per heavy atom. The SMILES string of the molecule is CCc1ccc(CN2CCNC(c3ccccc3C(C)C)C2)cc1. The van der Waals surface area contributed by atoms with Crippen molar-refractivity contribution in [1.29, 1.82) is 0 Å². The van der Waals surface area contributed by atoms with E-state index in [2.05, 4.69) is 79.5 Å². The van der Waals surface area contributed by atoms with Gasteiger partial charge in [0.2, 0.25) is 0 Å². The highest BCUT2D eigenvalue weighted by atomic mass is 15.2. The molecule has 0 aromatic heterocycles. The largest absolute Gasteiger partial charge is 0.308 e. The van der Waals surface area contributed by atoms with Crippen LogP contribution in [0.25, 0.3) is 0 Å². The second kappa shape index (κ2) is 7.96. The molecule has 1 aliphatic heterocycles. The third-order valence-electron chi connectivity index (χ3n) is 5.09. The molecular formula is C22H30N2. The van der Waals surface area contributed by atoms with Crippen molar-refractivity contribution >= 4 is 0 Å². The van der Waals surface area contributed by atoms with Gasteiger partial charge in [-0.25, -0.2) is 0 Å². The van der Waals surface area contributed by atoms with Crippen LogP contribution >= 0.6 is 0 Å².